The number of amides is 1. The van der Waals surface area contributed by atoms with Crippen LogP contribution in [-0.4, -0.2) is 39.7 Å². The lowest BCUT2D eigenvalue weighted by Crippen LogP contribution is -2.45. The molecule has 172 valence electrons. The molecule has 1 N–H and O–H groups in total. The summed E-state index contributed by atoms with van der Waals surface area (Å²) < 4.78 is 10.5. The van der Waals surface area contributed by atoms with Crippen molar-refractivity contribution in [3.63, 3.8) is 0 Å². The number of ether oxygens (including phenoxy) is 1. The van der Waals surface area contributed by atoms with Gasteiger partial charge in [0.1, 0.15) is 6.61 Å². The number of carbonyl (C=O) groups excluding carboxylic acids is 1. The number of nitrogens with zero attached hydrogens (tertiary/aromatic N) is 2. The highest BCUT2D eigenvalue weighted by atomic mass is 32.1. The summed E-state index contributed by atoms with van der Waals surface area (Å²) in [6.45, 7) is 6.56. The number of aliphatic hydroxyl groups is 1. The molecular formula is C27H30N2O3S. The second-order valence-corrected chi connectivity index (χ2v) is 10.6. The van der Waals surface area contributed by atoms with Crippen LogP contribution in [0.15, 0.2) is 54.6 Å². The molecule has 1 aliphatic carbocycles. The zero-order valence-electron chi connectivity index (χ0n) is 19.3. The summed E-state index contributed by atoms with van der Waals surface area (Å²) in [6.07, 6.45) is 1.63. The normalized spacial score (nSPS) is 20.4. The van der Waals surface area contributed by atoms with Crippen molar-refractivity contribution in [2.75, 3.05) is 13.2 Å². The van der Waals surface area contributed by atoms with Crippen LogP contribution in [0, 0.1) is 0 Å². The number of likely N-dealkylation sites (tertiary alicyclic amines) is 1. The molecule has 6 heteroatoms. The van der Waals surface area contributed by atoms with Gasteiger partial charge in [-0.1, -0.05) is 48.5 Å². The van der Waals surface area contributed by atoms with E-state index in [2.05, 4.69) is 47.7 Å². The van der Waals surface area contributed by atoms with Crippen LogP contribution in [0.25, 0.3) is 11.1 Å². The summed E-state index contributed by atoms with van der Waals surface area (Å²) in [6, 6.07) is 18.9. The molecule has 0 unspecified atom stereocenters. The highest BCUT2D eigenvalue weighted by Gasteiger charge is 2.34. The Morgan fingerprint density at radius 2 is 1.76 bits per heavy atom. The molecule has 0 bridgehead atoms. The first-order valence-corrected chi connectivity index (χ1v) is 12.4. The molecular weight excluding hydrogens is 432 g/mol. The van der Waals surface area contributed by atoms with Crippen LogP contribution >= 0.6 is 11.5 Å². The van der Waals surface area contributed by atoms with E-state index in [1.54, 1.807) is 13.8 Å². The molecule has 0 spiro atoms. The van der Waals surface area contributed by atoms with Crippen molar-refractivity contribution in [1.29, 1.82) is 0 Å². The Labute approximate surface area is 199 Å². The number of piperidine rings is 1. The quantitative estimate of drug-likeness (QED) is 0.525. The lowest BCUT2D eigenvalue weighted by atomic mass is 9.90. The Morgan fingerprint density at radius 3 is 2.36 bits per heavy atom. The largest absolute Gasteiger partial charge is 0.448 e. The highest BCUT2D eigenvalue weighted by molar-refractivity contribution is 7.06. The van der Waals surface area contributed by atoms with Crippen LogP contribution in [0.3, 0.4) is 0 Å². The number of hydrogen-bond acceptors (Lipinski definition) is 5. The van der Waals surface area contributed by atoms with E-state index in [-0.39, 0.29) is 24.0 Å². The van der Waals surface area contributed by atoms with Gasteiger partial charge in [-0.25, -0.2) is 4.79 Å². The number of hydrogen-bond donors (Lipinski definition) is 1. The monoisotopic (exact) mass is 462 g/mol. The molecule has 0 radical (unpaired) electrons. The van der Waals surface area contributed by atoms with Crippen LogP contribution in [0.1, 0.15) is 67.1 Å². The van der Waals surface area contributed by atoms with E-state index in [0.717, 1.165) is 23.4 Å². The van der Waals surface area contributed by atoms with Crippen molar-refractivity contribution in [2.24, 2.45) is 0 Å². The van der Waals surface area contributed by atoms with E-state index in [0.29, 0.717) is 13.2 Å². The zero-order chi connectivity index (χ0) is 23.2. The summed E-state index contributed by atoms with van der Waals surface area (Å²) in [5, 5.41) is 10.3. The maximum absolute atomic E-state index is 13.2. The van der Waals surface area contributed by atoms with E-state index >= 15 is 0 Å². The summed E-state index contributed by atoms with van der Waals surface area (Å²) in [4.78, 5) is 15.9. The Hall–Kier alpha value is -2.70. The zero-order valence-corrected chi connectivity index (χ0v) is 20.1. The molecule has 5 nitrogen and oxygen atoms in total. The van der Waals surface area contributed by atoms with Crippen molar-refractivity contribution in [1.82, 2.24) is 9.27 Å². The van der Waals surface area contributed by atoms with Crippen molar-refractivity contribution in [3.8, 4) is 11.1 Å². The second kappa shape index (κ2) is 8.58. The van der Waals surface area contributed by atoms with Gasteiger partial charge in [0.15, 0.2) is 0 Å². The minimum absolute atomic E-state index is 0.0603. The molecule has 1 saturated heterocycles. The predicted molar refractivity (Wildman–Crippen MR) is 131 cm³/mol. The van der Waals surface area contributed by atoms with Gasteiger partial charge in [0.25, 0.3) is 0 Å². The first kappa shape index (κ1) is 22.1. The van der Waals surface area contributed by atoms with Crippen molar-refractivity contribution >= 4 is 17.6 Å². The van der Waals surface area contributed by atoms with Crippen LogP contribution in [0.4, 0.5) is 4.79 Å². The average molecular weight is 463 g/mol. The number of fused-ring (bicyclic) bond motifs is 3. The molecule has 2 heterocycles. The third kappa shape index (κ3) is 4.18. The molecule has 0 saturated carbocycles. The van der Waals surface area contributed by atoms with E-state index in [1.807, 2.05) is 23.1 Å². The second-order valence-electron chi connectivity index (χ2n) is 9.75. The fraction of sp³-hybridized carbons (Fsp3) is 0.407. The van der Waals surface area contributed by atoms with E-state index in [9.17, 15) is 9.90 Å². The summed E-state index contributed by atoms with van der Waals surface area (Å²) >= 11 is 1.34. The maximum Gasteiger partial charge on any atom is 0.410 e. The van der Waals surface area contributed by atoms with Gasteiger partial charge in [0, 0.05) is 24.4 Å². The first-order valence-electron chi connectivity index (χ1n) is 11.6. The number of rotatable bonds is 4. The van der Waals surface area contributed by atoms with Gasteiger partial charge in [-0.05, 0) is 73.5 Å². The molecule has 1 fully saturated rings. The van der Waals surface area contributed by atoms with E-state index < -0.39 is 5.60 Å². The maximum atomic E-state index is 13.2. The minimum Gasteiger partial charge on any atom is -0.448 e. The summed E-state index contributed by atoms with van der Waals surface area (Å²) in [5.74, 6) is 0.221. The fourth-order valence-corrected chi connectivity index (χ4v) is 5.85. The van der Waals surface area contributed by atoms with Gasteiger partial charge in [-0.2, -0.15) is 4.37 Å². The molecule has 2 aliphatic rings. The molecule has 33 heavy (non-hydrogen) atoms. The van der Waals surface area contributed by atoms with Gasteiger partial charge in [0.05, 0.1) is 16.2 Å². The lowest BCUT2D eigenvalue weighted by Gasteiger charge is -2.36. The number of aromatic nitrogens is 1. The Kier molecular flexibility index (Phi) is 5.75. The molecule has 3 aromatic rings. The summed E-state index contributed by atoms with van der Waals surface area (Å²) in [7, 11) is 0. The smallest absolute Gasteiger partial charge is 0.410 e. The first-order chi connectivity index (χ1) is 15.8. The number of benzene rings is 2. The average Bonchev–Trinajstić information content (AvgIpc) is 3.42. The van der Waals surface area contributed by atoms with Crippen molar-refractivity contribution in [3.05, 3.63) is 76.3 Å². The SMILES string of the molecule is C[C@@H]1CC[C@@H](c2cc(C(C)(C)O)sn2)CN1C(=O)OCC1c2ccccc2-c2ccccc21. The Morgan fingerprint density at radius 1 is 1.12 bits per heavy atom. The molecule has 1 aliphatic heterocycles. The van der Waals surface area contributed by atoms with Crippen molar-refractivity contribution < 1.29 is 14.6 Å². The topological polar surface area (TPSA) is 62.7 Å². The predicted octanol–water partition coefficient (Wildman–Crippen LogP) is 5.89. The third-order valence-electron chi connectivity index (χ3n) is 7.00. The standard InChI is InChI=1S/C27H30N2O3S/c1-17-12-13-18(24-14-25(33-28-24)27(2,3)31)15-29(17)26(30)32-16-23-21-10-6-4-8-19(21)20-9-5-7-11-22(20)23/h4-11,14,17-18,23,31H,12-13,15-16H2,1-3H3/t17-,18-/m1/s1. The minimum atomic E-state index is -0.898. The molecule has 1 aromatic heterocycles. The fourth-order valence-electron chi connectivity index (χ4n) is 5.05. The van der Waals surface area contributed by atoms with Crippen LogP contribution < -0.4 is 0 Å². The van der Waals surface area contributed by atoms with E-state index in [1.165, 1.54) is 33.8 Å². The molecule has 1 amide bonds. The van der Waals surface area contributed by atoms with Gasteiger partial charge < -0.3 is 14.7 Å². The Balaban J connectivity index is 1.29. The van der Waals surface area contributed by atoms with Crippen LogP contribution in [0.2, 0.25) is 0 Å². The van der Waals surface area contributed by atoms with Gasteiger partial charge in [-0.15, -0.1) is 0 Å². The van der Waals surface area contributed by atoms with Gasteiger partial charge in [0.2, 0.25) is 0 Å². The summed E-state index contributed by atoms with van der Waals surface area (Å²) in [5.41, 5.74) is 4.96. The highest BCUT2D eigenvalue weighted by Crippen LogP contribution is 2.44. The molecule has 5 rings (SSSR count). The van der Waals surface area contributed by atoms with Crippen LogP contribution in [-0.2, 0) is 10.3 Å². The third-order valence-corrected chi connectivity index (χ3v) is 8.12. The van der Waals surface area contributed by atoms with Gasteiger partial charge in [-0.3, -0.25) is 0 Å². The Bertz CT molecular complexity index is 1120. The molecule has 2 aromatic carbocycles. The van der Waals surface area contributed by atoms with Crippen molar-refractivity contribution in [2.45, 2.75) is 57.1 Å². The van der Waals surface area contributed by atoms with E-state index in [4.69, 9.17) is 4.74 Å². The molecule has 2 atom stereocenters. The number of carbonyl (C=O) groups is 1. The van der Waals surface area contributed by atoms with Crippen LogP contribution in [0.5, 0.6) is 0 Å². The van der Waals surface area contributed by atoms with Gasteiger partial charge >= 0.3 is 6.09 Å². The lowest BCUT2D eigenvalue weighted by molar-refractivity contribution is 0.0700.